The minimum Gasteiger partial charge on any atom is -0.351 e. The van der Waals surface area contributed by atoms with Gasteiger partial charge in [0.05, 0.1) is 6.04 Å². The predicted octanol–water partition coefficient (Wildman–Crippen LogP) is 1.94. The molecule has 25 heavy (non-hydrogen) atoms. The molecule has 7 nitrogen and oxygen atoms in total. The van der Waals surface area contributed by atoms with Gasteiger partial charge < -0.3 is 15.2 Å². The number of carbonyl (C=O) groups excluding carboxylic acids is 1. The van der Waals surface area contributed by atoms with Crippen molar-refractivity contribution in [2.75, 3.05) is 19.6 Å². The Balaban J connectivity index is 0.00000225. The molecule has 0 bridgehead atoms. The molecule has 1 fully saturated rings. The second-order valence-corrected chi connectivity index (χ2v) is 6.31. The summed E-state index contributed by atoms with van der Waals surface area (Å²) in [6.45, 7) is 5.61. The lowest BCUT2D eigenvalue weighted by atomic mass is 10.1. The quantitative estimate of drug-likeness (QED) is 0.734. The zero-order valence-corrected chi connectivity index (χ0v) is 15.5. The Morgan fingerprint density at radius 1 is 1.40 bits per heavy atom. The van der Waals surface area contributed by atoms with E-state index in [4.69, 9.17) is 0 Å². The summed E-state index contributed by atoms with van der Waals surface area (Å²) in [5, 5.41) is 10.8. The van der Waals surface area contributed by atoms with Crippen molar-refractivity contribution in [3.8, 4) is 0 Å². The van der Waals surface area contributed by atoms with Gasteiger partial charge in [0, 0.05) is 38.2 Å². The molecule has 1 atom stereocenters. The third-order valence-corrected chi connectivity index (χ3v) is 4.52. The Bertz CT molecular complexity index is 662. The highest BCUT2D eigenvalue weighted by molar-refractivity contribution is 5.92. The maximum absolute atomic E-state index is 12.2. The SMILES string of the molecule is Cc1nccn1CCCCNC(=O)c1ccn(C2CCCNC2)n1.Cl. The average Bonchev–Trinajstić information content (AvgIpc) is 3.25. The molecule has 0 saturated carbocycles. The molecule has 1 amide bonds. The number of imidazole rings is 1. The van der Waals surface area contributed by atoms with Crippen LogP contribution in [0.15, 0.2) is 24.7 Å². The molecule has 3 rings (SSSR count). The van der Waals surface area contributed by atoms with Crippen LogP contribution in [0.2, 0.25) is 0 Å². The third kappa shape index (κ3) is 5.31. The first-order chi connectivity index (χ1) is 11.7. The molecule has 0 aromatic carbocycles. The molecular formula is C17H27ClN6O. The molecule has 2 aromatic rings. The number of aryl methyl sites for hydroxylation is 2. The normalized spacial score (nSPS) is 17.1. The van der Waals surface area contributed by atoms with Crippen LogP contribution in [0.25, 0.3) is 0 Å². The molecule has 0 aliphatic carbocycles. The molecular weight excluding hydrogens is 340 g/mol. The van der Waals surface area contributed by atoms with Crippen LogP contribution in [0.4, 0.5) is 0 Å². The van der Waals surface area contributed by atoms with E-state index in [9.17, 15) is 4.79 Å². The van der Waals surface area contributed by atoms with E-state index >= 15 is 0 Å². The summed E-state index contributed by atoms with van der Waals surface area (Å²) >= 11 is 0. The van der Waals surface area contributed by atoms with Gasteiger partial charge in [0.25, 0.3) is 5.91 Å². The Morgan fingerprint density at radius 2 is 2.28 bits per heavy atom. The van der Waals surface area contributed by atoms with Gasteiger partial charge in [-0.15, -0.1) is 12.4 Å². The number of carbonyl (C=O) groups is 1. The van der Waals surface area contributed by atoms with Gasteiger partial charge in [-0.2, -0.15) is 5.10 Å². The summed E-state index contributed by atoms with van der Waals surface area (Å²) in [6.07, 6.45) is 9.94. The number of hydrogen-bond donors (Lipinski definition) is 2. The van der Waals surface area contributed by atoms with Crippen LogP contribution in [-0.4, -0.2) is 44.9 Å². The molecule has 1 unspecified atom stereocenters. The van der Waals surface area contributed by atoms with Crippen molar-refractivity contribution in [1.82, 2.24) is 30.0 Å². The summed E-state index contributed by atoms with van der Waals surface area (Å²) in [6, 6.07) is 2.16. The van der Waals surface area contributed by atoms with E-state index in [0.717, 1.165) is 51.1 Å². The smallest absolute Gasteiger partial charge is 0.271 e. The predicted molar refractivity (Wildman–Crippen MR) is 99.1 cm³/mol. The third-order valence-electron chi connectivity index (χ3n) is 4.52. The molecule has 8 heteroatoms. The Labute approximate surface area is 154 Å². The molecule has 0 radical (unpaired) electrons. The van der Waals surface area contributed by atoms with Crippen molar-refractivity contribution in [2.45, 2.75) is 45.2 Å². The fourth-order valence-corrected chi connectivity index (χ4v) is 3.06. The Morgan fingerprint density at radius 3 is 3.00 bits per heavy atom. The lowest BCUT2D eigenvalue weighted by Gasteiger charge is -2.22. The van der Waals surface area contributed by atoms with Gasteiger partial charge in [-0.25, -0.2) is 4.98 Å². The van der Waals surface area contributed by atoms with Gasteiger partial charge in [-0.3, -0.25) is 9.48 Å². The van der Waals surface area contributed by atoms with E-state index in [2.05, 4.69) is 25.3 Å². The molecule has 1 aliphatic rings. The monoisotopic (exact) mass is 366 g/mol. The highest BCUT2D eigenvalue weighted by Gasteiger charge is 2.17. The second kappa shape index (κ2) is 9.58. The molecule has 1 saturated heterocycles. The van der Waals surface area contributed by atoms with Gasteiger partial charge >= 0.3 is 0 Å². The van der Waals surface area contributed by atoms with Crippen molar-refractivity contribution >= 4 is 18.3 Å². The fourth-order valence-electron chi connectivity index (χ4n) is 3.06. The van der Waals surface area contributed by atoms with E-state index in [-0.39, 0.29) is 18.3 Å². The number of nitrogens with zero attached hydrogens (tertiary/aromatic N) is 4. The zero-order chi connectivity index (χ0) is 16.8. The van der Waals surface area contributed by atoms with Gasteiger partial charge in [0.15, 0.2) is 0 Å². The van der Waals surface area contributed by atoms with E-state index < -0.39 is 0 Å². The average molecular weight is 367 g/mol. The first-order valence-electron chi connectivity index (χ1n) is 8.76. The van der Waals surface area contributed by atoms with Gasteiger partial charge in [-0.1, -0.05) is 0 Å². The number of hydrogen-bond acceptors (Lipinski definition) is 4. The second-order valence-electron chi connectivity index (χ2n) is 6.31. The molecule has 138 valence electrons. The molecule has 2 aromatic heterocycles. The van der Waals surface area contributed by atoms with Crippen molar-refractivity contribution in [1.29, 1.82) is 0 Å². The summed E-state index contributed by atoms with van der Waals surface area (Å²) < 4.78 is 4.05. The van der Waals surface area contributed by atoms with Gasteiger partial charge in [-0.05, 0) is 45.2 Å². The molecule has 2 N–H and O–H groups in total. The van der Waals surface area contributed by atoms with Crippen molar-refractivity contribution in [3.05, 3.63) is 36.2 Å². The Hall–Kier alpha value is -1.86. The van der Waals surface area contributed by atoms with Crippen LogP contribution in [0, 0.1) is 6.92 Å². The minimum atomic E-state index is -0.0867. The van der Waals surface area contributed by atoms with Gasteiger partial charge in [0.1, 0.15) is 11.5 Å². The number of amides is 1. The minimum absolute atomic E-state index is 0. The summed E-state index contributed by atoms with van der Waals surface area (Å²) in [5.74, 6) is 0.943. The molecule has 1 aliphatic heterocycles. The highest BCUT2D eigenvalue weighted by Crippen LogP contribution is 2.15. The largest absolute Gasteiger partial charge is 0.351 e. The van der Waals surface area contributed by atoms with Crippen LogP contribution >= 0.6 is 12.4 Å². The standard InChI is InChI=1S/C17H26N6O.ClH/c1-14-19-9-12-22(14)10-3-2-8-20-17(24)16-6-11-23(21-16)15-5-4-7-18-13-15;/h6,9,11-12,15,18H,2-5,7-8,10,13H2,1H3,(H,20,24);1H. The topological polar surface area (TPSA) is 76.8 Å². The van der Waals surface area contributed by atoms with Crippen LogP contribution < -0.4 is 10.6 Å². The first kappa shape index (κ1) is 19.5. The zero-order valence-electron chi connectivity index (χ0n) is 14.6. The van der Waals surface area contributed by atoms with E-state index in [1.165, 1.54) is 0 Å². The summed E-state index contributed by atoms with van der Waals surface area (Å²) in [4.78, 5) is 16.4. The maximum atomic E-state index is 12.2. The van der Waals surface area contributed by atoms with Crippen molar-refractivity contribution < 1.29 is 4.79 Å². The van der Waals surface area contributed by atoms with Crippen LogP contribution in [-0.2, 0) is 6.54 Å². The summed E-state index contributed by atoms with van der Waals surface area (Å²) in [7, 11) is 0. The van der Waals surface area contributed by atoms with Crippen LogP contribution in [0.3, 0.4) is 0 Å². The highest BCUT2D eigenvalue weighted by atomic mass is 35.5. The van der Waals surface area contributed by atoms with E-state index in [1.54, 1.807) is 6.07 Å². The number of piperidine rings is 1. The molecule has 0 spiro atoms. The van der Waals surface area contributed by atoms with Crippen LogP contribution in [0.1, 0.15) is 48.0 Å². The van der Waals surface area contributed by atoms with Crippen LogP contribution in [0.5, 0.6) is 0 Å². The van der Waals surface area contributed by atoms with E-state index in [1.807, 2.05) is 30.2 Å². The van der Waals surface area contributed by atoms with Crippen molar-refractivity contribution in [3.63, 3.8) is 0 Å². The number of rotatable bonds is 7. The fraction of sp³-hybridized carbons (Fsp3) is 0.588. The maximum Gasteiger partial charge on any atom is 0.271 e. The lowest BCUT2D eigenvalue weighted by Crippen LogP contribution is -2.32. The first-order valence-corrected chi connectivity index (χ1v) is 8.76. The summed E-state index contributed by atoms with van der Waals surface area (Å²) in [5.41, 5.74) is 0.506. The number of unbranched alkanes of at least 4 members (excludes halogenated alkanes) is 1. The van der Waals surface area contributed by atoms with E-state index in [0.29, 0.717) is 18.3 Å². The molecule has 3 heterocycles. The Kier molecular flexibility index (Phi) is 7.46. The lowest BCUT2D eigenvalue weighted by molar-refractivity contribution is 0.0946. The van der Waals surface area contributed by atoms with Crippen molar-refractivity contribution in [2.24, 2.45) is 0 Å². The number of halogens is 1. The number of aromatic nitrogens is 4. The number of nitrogens with one attached hydrogen (secondary N) is 2. The van der Waals surface area contributed by atoms with Gasteiger partial charge in [0.2, 0.25) is 0 Å².